The number of carbonyl (C=O) groups excluding carboxylic acids is 2. The molecule has 0 saturated heterocycles. The van der Waals surface area contributed by atoms with Gasteiger partial charge >= 0.3 is 5.97 Å². The molecule has 0 radical (unpaired) electrons. The molecule has 0 aromatic heterocycles. The van der Waals surface area contributed by atoms with E-state index in [0.29, 0.717) is 23.5 Å². The monoisotopic (exact) mass is 548 g/mol. The Hall–Kier alpha value is -4.64. The van der Waals surface area contributed by atoms with Gasteiger partial charge in [0.1, 0.15) is 17.2 Å². The molecule has 0 aliphatic heterocycles. The van der Waals surface area contributed by atoms with Crippen LogP contribution in [-0.4, -0.2) is 25.0 Å². The van der Waals surface area contributed by atoms with Crippen molar-refractivity contribution in [2.24, 2.45) is 0 Å². The topological polar surface area (TPSA) is 61.8 Å². The first kappa shape index (κ1) is 29.3. The normalized spacial score (nSPS) is 10.8. The van der Waals surface area contributed by atoms with E-state index in [9.17, 15) is 9.59 Å². The second-order valence-electron chi connectivity index (χ2n) is 9.67. The maximum atomic E-state index is 12.9. The molecule has 0 aliphatic carbocycles. The molecule has 5 heteroatoms. The average molecular weight is 549 g/mol. The van der Waals surface area contributed by atoms with E-state index in [1.165, 1.54) is 25.3 Å². The maximum absolute atomic E-state index is 12.9. The summed E-state index contributed by atoms with van der Waals surface area (Å²) in [6, 6.07) is 33.2. The number of carbonyl (C=O) groups is 2. The third-order valence-corrected chi connectivity index (χ3v) is 6.48. The van der Waals surface area contributed by atoms with Crippen LogP contribution in [0.15, 0.2) is 115 Å². The smallest absolute Gasteiger partial charge is 0.336 e. The number of para-hydroxylation sites is 2. The van der Waals surface area contributed by atoms with Crippen LogP contribution in [0, 0.1) is 0 Å². The van der Waals surface area contributed by atoms with Crippen LogP contribution in [0.25, 0.3) is 6.08 Å². The number of esters is 1. The second-order valence-corrected chi connectivity index (χ2v) is 9.67. The van der Waals surface area contributed by atoms with Crippen molar-refractivity contribution in [1.29, 1.82) is 0 Å². The van der Waals surface area contributed by atoms with E-state index < -0.39 is 5.97 Å². The van der Waals surface area contributed by atoms with Crippen molar-refractivity contribution in [3.05, 3.63) is 132 Å². The van der Waals surface area contributed by atoms with E-state index in [4.69, 9.17) is 14.2 Å². The molecule has 0 fully saturated rings. The van der Waals surface area contributed by atoms with Crippen LogP contribution in [0.5, 0.6) is 17.2 Å². The van der Waals surface area contributed by atoms with E-state index >= 15 is 0 Å². The zero-order valence-electron chi connectivity index (χ0n) is 23.2. The Morgan fingerprint density at radius 2 is 0.976 bits per heavy atom. The number of ketones is 1. The summed E-state index contributed by atoms with van der Waals surface area (Å²) in [5.74, 6) is 1.67. The summed E-state index contributed by atoms with van der Waals surface area (Å²) in [6.45, 7) is 1.43. The lowest BCUT2D eigenvalue weighted by molar-refractivity contribution is -0.128. The first-order chi connectivity index (χ1) is 20.2. The third kappa shape index (κ3) is 10.5. The Morgan fingerprint density at radius 1 is 0.512 bits per heavy atom. The molecule has 0 amide bonds. The van der Waals surface area contributed by atoms with Crippen LogP contribution in [0.2, 0.25) is 0 Å². The highest BCUT2D eigenvalue weighted by Gasteiger charge is 2.09. The first-order valence-electron chi connectivity index (χ1n) is 14.2. The van der Waals surface area contributed by atoms with Crippen LogP contribution in [0.3, 0.4) is 0 Å². The van der Waals surface area contributed by atoms with Gasteiger partial charge in [-0.3, -0.25) is 4.79 Å². The molecule has 0 heterocycles. The lowest BCUT2D eigenvalue weighted by atomic mass is 10.0. The Balaban J connectivity index is 1.10. The standard InChI is InChI=1S/C36H36O5/c37-35(41-34-15-9-6-10-16-34)26-19-29-17-20-30(21-18-29)36(38)31-22-24-33(25-23-31)40-28-12-4-2-1-3-11-27-39-32-13-7-5-8-14-32/h5-10,13-26H,1-4,11-12,27-28H2/b26-19+. The lowest BCUT2D eigenvalue weighted by Gasteiger charge is -2.08. The van der Waals surface area contributed by atoms with Gasteiger partial charge in [0.25, 0.3) is 0 Å². The Bertz CT molecular complexity index is 1360. The maximum Gasteiger partial charge on any atom is 0.336 e. The van der Waals surface area contributed by atoms with Crippen molar-refractivity contribution < 1.29 is 23.8 Å². The Kier molecular flexibility index (Phi) is 11.8. The summed E-state index contributed by atoms with van der Waals surface area (Å²) in [5, 5.41) is 0. The highest BCUT2D eigenvalue weighted by atomic mass is 16.5. The van der Waals surface area contributed by atoms with Crippen molar-refractivity contribution in [2.75, 3.05) is 13.2 Å². The molecule has 4 aromatic carbocycles. The lowest BCUT2D eigenvalue weighted by Crippen LogP contribution is -2.03. The van der Waals surface area contributed by atoms with Gasteiger partial charge in [0.2, 0.25) is 0 Å². The van der Waals surface area contributed by atoms with Crippen LogP contribution in [-0.2, 0) is 4.79 Å². The summed E-state index contributed by atoms with van der Waals surface area (Å²) in [7, 11) is 0. The van der Waals surface area contributed by atoms with Gasteiger partial charge < -0.3 is 14.2 Å². The van der Waals surface area contributed by atoms with Gasteiger partial charge in [-0.15, -0.1) is 0 Å². The summed E-state index contributed by atoms with van der Waals surface area (Å²) in [6.07, 6.45) is 9.80. The van der Waals surface area contributed by atoms with Gasteiger partial charge in [-0.2, -0.15) is 0 Å². The zero-order valence-corrected chi connectivity index (χ0v) is 23.2. The summed E-state index contributed by atoms with van der Waals surface area (Å²) < 4.78 is 16.8. The predicted octanol–water partition coefficient (Wildman–Crippen LogP) is 8.33. The molecule has 0 aliphatic rings. The molecular formula is C36H36O5. The minimum Gasteiger partial charge on any atom is -0.494 e. The van der Waals surface area contributed by atoms with Gasteiger partial charge in [0.15, 0.2) is 5.78 Å². The summed E-state index contributed by atoms with van der Waals surface area (Å²) in [4.78, 5) is 24.9. The number of hydrogen-bond acceptors (Lipinski definition) is 5. The molecular weight excluding hydrogens is 512 g/mol. The van der Waals surface area contributed by atoms with Gasteiger partial charge in [-0.1, -0.05) is 86.3 Å². The molecule has 4 rings (SSSR count). The van der Waals surface area contributed by atoms with Crippen molar-refractivity contribution in [1.82, 2.24) is 0 Å². The van der Waals surface area contributed by atoms with Crippen LogP contribution < -0.4 is 14.2 Å². The number of benzene rings is 4. The molecule has 41 heavy (non-hydrogen) atoms. The van der Waals surface area contributed by atoms with Crippen molar-refractivity contribution in [3.63, 3.8) is 0 Å². The molecule has 0 spiro atoms. The van der Waals surface area contributed by atoms with Gasteiger partial charge in [0, 0.05) is 17.2 Å². The van der Waals surface area contributed by atoms with E-state index in [1.807, 2.05) is 48.5 Å². The molecule has 0 saturated carbocycles. The van der Waals surface area contributed by atoms with Gasteiger partial charge in [-0.05, 0) is 73.0 Å². The quantitative estimate of drug-likeness (QED) is 0.0463. The van der Waals surface area contributed by atoms with E-state index in [-0.39, 0.29) is 5.78 Å². The molecule has 0 N–H and O–H groups in total. The average Bonchev–Trinajstić information content (AvgIpc) is 3.02. The van der Waals surface area contributed by atoms with Crippen molar-refractivity contribution in [3.8, 4) is 17.2 Å². The van der Waals surface area contributed by atoms with Gasteiger partial charge in [-0.25, -0.2) is 4.79 Å². The van der Waals surface area contributed by atoms with E-state index in [1.54, 1.807) is 66.7 Å². The van der Waals surface area contributed by atoms with E-state index in [2.05, 4.69) is 0 Å². The number of rotatable bonds is 16. The SMILES string of the molecule is O=C(/C=C/c1ccc(C(=O)c2ccc(OCCCCCCCCOc3ccccc3)cc2)cc1)Oc1ccccc1. The number of ether oxygens (including phenoxy) is 3. The van der Waals surface area contributed by atoms with Crippen LogP contribution in [0.1, 0.15) is 60.0 Å². The fourth-order valence-electron chi connectivity index (χ4n) is 4.23. The fraction of sp³-hybridized carbons (Fsp3) is 0.222. The zero-order chi connectivity index (χ0) is 28.5. The number of hydrogen-bond donors (Lipinski definition) is 0. The van der Waals surface area contributed by atoms with E-state index in [0.717, 1.165) is 42.9 Å². The molecule has 0 unspecified atom stereocenters. The molecule has 4 aromatic rings. The van der Waals surface area contributed by atoms with Crippen molar-refractivity contribution in [2.45, 2.75) is 38.5 Å². The second kappa shape index (κ2) is 16.5. The number of unbranched alkanes of at least 4 members (excludes halogenated alkanes) is 5. The van der Waals surface area contributed by atoms with Crippen molar-refractivity contribution >= 4 is 17.8 Å². The highest BCUT2D eigenvalue weighted by Crippen LogP contribution is 2.18. The molecule has 210 valence electrons. The van der Waals surface area contributed by atoms with Crippen LogP contribution in [0.4, 0.5) is 0 Å². The molecule has 0 bridgehead atoms. The largest absolute Gasteiger partial charge is 0.494 e. The predicted molar refractivity (Wildman–Crippen MR) is 163 cm³/mol. The highest BCUT2D eigenvalue weighted by molar-refractivity contribution is 6.09. The third-order valence-electron chi connectivity index (χ3n) is 6.48. The Morgan fingerprint density at radius 3 is 1.54 bits per heavy atom. The molecule has 5 nitrogen and oxygen atoms in total. The van der Waals surface area contributed by atoms with Crippen LogP contribution >= 0.6 is 0 Å². The summed E-state index contributed by atoms with van der Waals surface area (Å²) >= 11 is 0. The minimum atomic E-state index is -0.459. The minimum absolute atomic E-state index is 0.0651. The fourth-order valence-corrected chi connectivity index (χ4v) is 4.23. The first-order valence-corrected chi connectivity index (χ1v) is 14.2. The Labute approximate surface area is 242 Å². The summed E-state index contributed by atoms with van der Waals surface area (Å²) in [5.41, 5.74) is 1.98. The van der Waals surface area contributed by atoms with Gasteiger partial charge in [0.05, 0.1) is 13.2 Å². The molecule has 0 atom stereocenters.